The molecule has 0 bridgehead atoms. The van der Waals surface area contributed by atoms with E-state index in [1.807, 2.05) is 16.8 Å². The topological polar surface area (TPSA) is 56.7 Å². The zero-order chi connectivity index (χ0) is 13.4. The average molecular weight is 272 g/mol. The minimum absolute atomic E-state index is 0.553. The molecule has 0 saturated carbocycles. The summed E-state index contributed by atoms with van der Waals surface area (Å²) in [7, 11) is 0. The summed E-state index contributed by atoms with van der Waals surface area (Å²) >= 11 is 1.74. The van der Waals surface area contributed by atoms with E-state index in [2.05, 4.69) is 35.9 Å². The van der Waals surface area contributed by atoms with Gasteiger partial charge >= 0.3 is 0 Å². The Labute approximate surface area is 115 Å². The number of thiazole rings is 1. The van der Waals surface area contributed by atoms with Crippen molar-refractivity contribution in [1.82, 2.24) is 14.5 Å². The Morgan fingerprint density at radius 1 is 1.37 bits per heavy atom. The third-order valence-electron chi connectivity index (χ3n) is 3.25. The van der Waals surface area contributed by atoms with Crippen LogP contribution in [0.1, 0.15) is 22.4 Å². The lowest BCUT2D eigenvalue weighted by molar-refractivity contribution is 0.829. The number of rotatable bonds is 3. The summed E-state index contributed by atoms with van der Waals surface area (Å²) in [6.07, 6.45) is 2.97. The van der Waals surface area contributed by atoms with Crippen LogP contribution in [0.3, 0.4) is 0 Å². The van der Waals surface area contributed by atoms with Crippen molar-refractivity contribution in [3.63, 3.8) is 0 Å². The van der Waals surface area contributed by atoms with Crippen LogP contribution in [0.5, 0.6) is 0 Å². The molecule has 0 saturated heterocycles. The first-order chi connectivity index (χ1) is 9.19. The van der Waals surface area contributed by atoms with Crippen LogP contribution in [0, 0.1) is 6.92 Å². The first-order valence-electron chi connectivity index (χ1n) is 6.34. The number of fused-ring (bicyclic) bond motifs is 1. The van der Waals surface area contributed by atoms with Crippen LogP contribution in [0.25, 0.3) is 11.0 Å². The van der Waals surface area contributed by atoms with E-state index in [0.29, 0.717) is 12.5 Å². The lowest BCUT2D eigenvalue weighted by atomic mass is 10.2. The highest BCUT2D eigenvalue weighted by Gasteiger charge is 2.11. The third kappa shape index (κ3) is 2.10. The molecule has 2 heterocycles. The van der Waals surface area contributed by atoms with Gasteiger partial charge in [-0.05, 0) is 25.0 Å². The van der Waals surface area contributed by atoms with Crippen LogP contribution in [0.4, 0.5) is 5.95 Å². The van der Waals surface area contributed by atoms with Gasteiger partial charge in [-0.2, -0.15) is 0 Å². The average Bonchev–Trinajstić information content (AvgIpc) is 2.97. The van der Waals surface area contributed by atoms with E-state index in [1.165, 1.54) is 4.88 Å². The number of anilines is 1. The Morgan fingerprint density at radius 2 is 2.21 bits per heavy atom. The molecule has 0 unspecified atom stereocenters. The molecule has 3 aromatic rings. The van der Waals surface area contributed by atoms with Gasteiger partial charge in [-0.25, -0.2) is 9.97 Å². The first kappa shape index (κ1) is 12.2. The van der Waals surface area contributed by atoms with Crippen molar-refractivity contribution < 1.29 is 0 Å². The van der Waals surface area contributed by atoms with Crippen molar-refractivity contribution in [2.75, 3.05) is 5.73 Å². The lowest BCUT2D eigenvalue weighted by Crippen LogP contribution is -2.04. The number of hydrogen-bond donors (Lipinski definition) is 1. The molecular weight excluding hydrogens is 256 g/mol. The van der Waals surface area contributed by atoms with Crippen LogP contribution in [0.15, 0.2) is 24.4 Å². The fraction of sp³-hybridized carbons (Fsp3) is 0.286. The highest BCUT2D eigenvalue weighted by Crippen LogP contribution is 2.23. The Balaban J connectivity index is 2.05. The van der Waals surface area contributed by atoms with E-state index < -0.39 is 0 Å². The van der Waals surface area contributed by atoms with E-state index in [9.17, 15) is 0 Å². The monoisotopic (exact) mass is 272 g/mol. The Morgan fingerprint density at radius 3 is 2.95 bits per heavy atom. The van der Waals surface area contributed by atoms with Gasteiger partial charge in [0, 0.05) is 11.1 Å². The second-order valence-corrected chi connectivity index (χ2v) is 5.77. The SMILES string of the molecule is CCc1cnc(Cn2c(N)nc3c(C)cccc32)s1. The number of hydrogen-bond acceptors (Lipinski definition) is 4. The van der Waals surface area contributed by atoms with E-state index in [1.54, 1.807) is 11.3 Å². The standard InChI is InChI=1S/C14H16N4S/c1-3-10-7-16-12(19-10)8-18-11-6-4-5-9(2)13(11)17-14(18)15/h4-7H,3,8H2,1-2H3,(H2,15,17). The predicted octanol–water partition coefficient (Wildman–Crippen LogP) is 2.99. The summed E-state index contributed by atoms with van der Waals surface area (Å²) in [5.41, 5.74) is 9.24. The van der Waals surface area contributed by atoms with E-state index in [-0.39, 0.29) is 0 Å². The predicted molar refractivity (Wildman–Crippen MR) is 79.5 cm³/mol. The summed E-state index contributed by atoms with van der Waals surface area (Å²) in [6.45, 7) is 4.88. The van der Waals surface area contributed by atoms with Gasteiger partial charge in [-0.15, -0.1) is 11.3 Å². The fourth-order valence-corrected chi connectivity index (χ4v) is 3.04. The highest BCUT2D eigenvalue weighted by atomic mass is 32.1. The highest BCUT2D eigenvalue weighted by molar-refractivity contribution is 7.11. The van der Waals surface area contributed by atoms with Gasteiger partial charge in [0.1, 0.15) is 5.01 Å². The lowest BCUT2D eigenvalue weighted by Gasteiger charge is -2.03. The van der Waals surface area contributed by atoms with Gasteiger partial charge in [-0.1, -0.05) is 19.1 Å². The largest absolute Gasteiger partial charge is 0.369 e. The van der Waals surface area contributed by atoms with Crippen molar-refractivity contribution in [3.05, 3.63) is 39.8 Å². The molecule has 3 rings (SSSR count). The molecule has 0 spiro atoms. The van der Waals surface area contributed by atoms with Crippen LogP contribution in [-0.2, 0) is 13.0 Å². The zero-order valence-corrected chi connectivity index (χ0v) is 11.9. The van der Waals surface area contributed by atoms with Gasteiger partial charge in [0.05, 0.1) is 17.6 Å². The summed E-state index contributed by atoms with van der Waals surface area (Å²) < 4.78 is 2.03. The number of para-hydroxylation sites is 1. The van der Waals surface area contributed by atoms with Gasteiger partial charge < -0.3 is 10.3 Å². The molecule has 4 nitrogen and oxygen atoms in total. The molecule has 2 N–H and O–H groups in total. The molecule has 0 aliphatic rings. The van der Waals surface area contributed by atoms with Gasteiger partial charge in [0.2, 0.25) is 5.95 Å². The minimum atomic E-state index is 0.553. The molecule has 0 aliphatic carbocycles. The van der Waals surface area contributed by atoms with Crippen molar-refractivity contribution in [1.29, 1.82) is 0 Å². The molecule has 19 heavy (non-hydrogen) atoms. The normalized spacial score (nSPS) is 11.3. The van der Waals surface area contributed by atoms with Crippen LogP contribution in [-0.4, -0.2) is 14.5 Å². The number of nitrogens with zero attached hydrogens (tertiary/aromatic N) is 3. The number of aryl methyl sites for hydroxylation is 2. The van der Waals surface area contributed by atoms with Crippen molar-refractivity contribution in [2.24, 2.45) is 0 Å². The first-order valence-corrected chi connectivity index (χ1v) is 7.15. The number of aromatic nitrogens is 3. The van der Waals surface area contributed by atoms with E-state index in [4.69, 9.17) is 5.73 Å². The van der Waals surface area contributed by atoms with Crippen LogP contribution in [0.2, 0.25) is 0 Å². The molecular formula is C14H16N4S. The molecule has 0 fully saturated rings. The Bertz CT molecular complexity index is 726. The summed E-state index contributed by atoms with van der Waals surface area (Å²) in [6, 6.07) is 6.15. The maximum atomic E-state index is 6.04. The summed E-state index contributed by atoms with van der Waals surface area (Å²) in [5.74, 6) is 0.553. The summed E-state index contributed by atoms with van der Waals surface area (Å²) in [4.78, 5) is 10.2. The van der Waals surface area contributed by atoms with Crippen molar-refractivity contribution in [3.8, 4) is 0 Å². The second-order valence-electron chi connectivity index (χ2n) is 4.57. The minimum Gasteiger partial charge on any atom is -0.369 e. The molecule has 0 aliphatic heterocycles. The second kappa shape index (κ2) is 4.66. The van der Waals surface area contributed by atoms with Gasteiger partial charge in [0.15, 0.2) is 0 Å². The van der Waals surface area contributed by atoms with Gasteiger partial charge in [-0.3, -0.25) is 0 Å². The molecule has 1 aromatic carbocycles. The van der Waals surface area contributed by atoms with Crippen LogP contribution >= 0.6 is 11.3 Å². The Hall–Kier alpha value is -1.88. The maximum absolute atomic E-state index is 6.04. The van der Waals surface area contributed by atoms with Crippen molar-refractivity contribution >= 4 is 28.3 Å². The van der Waals surface area contributed by atoms with Crippen molar-refractivity contribution in [2.45, 2.75) is 26.8 Å². The van der Waals surface area contributed by atoms with E-state index >= 15 is 0 Å². The quantitative estimate of drug-likeness (QED) is 0.797. The maximum Gasteiger partial charge on any atom is 0.201 e. The van der Waals surface area contributed by atoms with Crippen LogP contribution < -0.4 is 5.73 Å². The summed E-state index contributed by atoms with van der Waals surface area (Å²) in [5, 5.41) is 1.07. The van der Waals surface area contributed by atoms with Gasteiger partial charge in [0.25, 0.3) is 0 Å². The molecule has 5 heteroatoms. The Kier molecular flexibility index (Phi) is 2.98. The fourth-order valence-electron chi connectivity index (χ4n) is 2.19. The molecule has 0 amide bonds. The third-order valence-corrected chi connectivity index (χ3v) is 4.38. The van der Waals surface area contributed by atoms with E-state index in [0.717, 1.165) is 28.0 Å². The zero-order valence-electron chi connectivity index (χ0n) is 11.1. The number of nitrogens with two attached hydrogens (primary N) is 1. The number of imidazole rings is 1. The molecule has 98 valence electrons. The smallest absolute Gasteiger partial charge is 0.201 e. The molecule has 2 aromatic heterocycles. The molecule has 0 radical (unpaired) electrons. The number of benzene rings is 1. The molecule has 0 atom stereocenters. The number of nitrogen functional groups attached to an aromatic ring is 1.